The maximum Gasteiger partial charge on any atom is 0.277 e. The molecule has 0 N–H and O–H groups in total. The van der Waals surface area contributed by atoms with E-state index in [-0.39, 0.29) is 10.6 Å². The third-order valence-corrected chi connectivity index (χ3v) is 6.51. The van der Waals surface area contributed by atoms with E-state index in [9.17, 15) is 10.1 Å². The van der Waals surface area contributed by atoms with E-state index >= 15 is 0 Å². The Balaban J connectivity index is 1.66. The van der Waals surface area contributed by atoms with Gasteiger partial charge in [0.25, 0.3) is 5.69 Å². The fourth-order valence-electron chi connectivity index (χ4n) is 4.22. The van der Waals surface area contributed by atoms with Crippen molar-refractivity contribution in [2.24, 2.45) is 0 Å². The highest BCUT2D eigenvalue weighted by Gasteiger charge is 2.18. The highest BCUT2D eigenvalue weighted by molar-refractivity contribution is 9.10. The summed E-state index contributed by atoms with van der Waals surface area (Å²) in [5.41, 5.74) is 6.57. The summed E-state index contributed by atoms with van der Waals surface area (Å²) in [6, 6.07) is 41.4. The summed E-state index contributed by atoms with van der Waals surface area (Å²) in [4.78, 5) is 13.5. The molecule has 0 atom stereocenters. The van der Waals surface area contributed by atoms with Gasteiger partial charge in [0.05, 0.1) is 10.5 Å². The molecule has 0 fully saturated rings. The fourth-order valence-corrected chi connectivity index (χ4v) is 4.74. The van der Waals surface area contributed by atoms with Crippen LogP contribution in [0.4, 0.5) is 22.7 Å². The van der Waals surface area contributed by atoms with Gasteiger partial charge < -0.3 is 4.90 Å². The predicted molar refractivity (Wildman–Crippen MR) is 146 cm³/mol. The smallest absolute Gasteiger partial charge is 0.277 e. The molecule has 5 aromatic rings. The van der Waals surface area contributed by atoms with Crippen molar-refractivity contribution in [3.63, 3.8) is 0 Å². The minimum atomic E-state index is -0.335. The molecular formula is C30H21BrN2O2. The molecule has 35 heavy (non-hydrogen) atoms. The molecule has 4 nitrogen and oxygen atoms in total. The lowest BCUT2D eigenvalue weighted by atomic mass is 10.0. The van der Waals surface area contributed by atoms with Gasteiger partial charge in [0.1, 0.15) is 0 Å². The molecule has 5 aromatic carbocycles. The summed E-state index contributed by atoms with van der Waals surface area (Å²) in [6.45, 7) is 0. The molecule has 0 aliphatic heterocycles. The average Bonchev–Trinajstić information content (AvgIpc) is 2.90. The SMILES string of the molecule is O=[N+]([O-])c1ccccc1-c1cccc(N(c2ccccc2)c2cccc(-c3ccccc3Br)c2)c1. The topological polar surface area (TPSA) is 46.4 Å². The molecule has 0 unspecified atom stereocenters. The number of nitrogens with zero attached hydrogens (tertiary/aromatic N) is 2. The van der Waals surface area contributed by atoms with Gasteiger partial charge in [-0.15, -0.1) is 0 Å². The lowest BCUT2D eigenvalue weighted by Gasteiger charge is -2.26. The Morgan fingerprint density at radius 2 is 1.09 bits per heavy atom. The van der Waals surface area contributed by atoms with Gasteiger partial charge in [0.15, 0.2) is 0 Å². The Bertz CT molecular complexity index is 1500. The van der Waals surface area contributed by atoms with E-state index < -0.39 is 0 Å². The van der Waals surface area contributed by atoms with Gasteiger partial charge in [-0.1, -0.05) is 88.7 Å². The molecule has 0 spiro atoms. The Morgan fingerprint density at radius 3 is 1.71 bits per heavy atom. The van der Waals surface area contributed by atoms with Crippen molar-refractivity contribution in [2.75, 3.05) is 4.90 Å². The van der Waals surface area contributed by atoms with Crippen LogP contribution in [0.1, 0.15) is 0 Å². The maximum absolute atomic E-state index is 11.6. The fraction of sp³-hybridized carbons (Fsp3) is 0. The number of para-hydroxylation sites is 2. The van der Waals surface area contributed by atoms with E-state index in [4.69, 9.17) is 0 Å². The van der Waals surface area contributed by atoms with Crippen LogP contribution in [0.5, 0.6) is 0 Å². The Labute approximate surface area is 212 Å². The highest BCUT2D eigenvalue weighted by Crippen LogP contribution is 2.40. The standard InChI is InChI=1S/C30H21BrN2O2/c31-29-18-6-4-16-27(29)22-10-8-14-25(20-22)32(24-12-2-1-3-13-24)26-15-9-11-23(21-26)28-17-5-7-19-30(28)33(34)35/h1-21H. The minimum Gasteiger partial charge on any atom is -0.310 e. The van der Waals surface area contributed by atoms with E-state index in [1.54, 1.807) is 12.1 Å². The van der Waals surface area contributed by atoms with Crippen molar-refractivity contribution < 1.29 is 4.92 Å². The molecule has 5 rings (SSSR count). The van der Waals surface area contributed by atoms with Gasteiger partial charge in [-0.25, -0.2) is 0 Å². The molecule has 0 aliphatic rings. The van der Waals surface area contributed by atoms with Crippen molar-refractivity contribution in [2.45, 2.75) is 0 Å². The molecule has 0 saturated carbocycles. The van der Waals surface area contributed by atoms with Gasteiger partial charge in [0.2, 0.25) is 0 Å². The number of rotatable bonds is 6. The van der Waals surface area contributed by atoms with Crippen LogP contribution in [0.15, 0.2) is 132 Å². The average molecular weight is 521 g/mol. The van der Waals surface area contributed by atoms with Crippen LogP contribution in [0.3, 0.4) is 0 Å². The third-order valence-electron chi connectivity index (χ3n) is 5.82. The first-order chi connectivity index (χ1) is 17.1. The van der Waals surface area contributed by atoms with Crippen LogP contribution in [0.2, 0.25) is 0 Å². The number of nitro groups is 1. The zero-order valence-corrected chi connectivity index (χ0v) is 20.3. The maximum atomic E-state index is 11.6. The van der Waals surface area contributed by atoms with Crippen molar-refractivity contribution in [3.05, 3.63) is 142 Å². The second kappa shape index (κ2) is 9.95. The zero-order valence-electron chi connectivity index (χ0n) is 18.7. The number of benzene rings is 5. The van der Waals surface area contributed by atoms with E-state index in [0.717, 1.165) is 38.2 Å². The van der Waals surface area contributed by atoms with Crippen LogP contribution in [0, 0.1) is 10.1 Å². The van der Waals surface area contributed by atoms with Gasteiger partial charge >= 0.3 is 0 Å². The predicted octanol–water partition coefficient (Wildman–Crippen LogP) is 9.16. The van der Waals surface area contributed by atoms with Crippen LogP contribution in [-0.2, 0) is 0 Å². The number of nitro benzene ring substituents is 1. The Hall–Kier alpha value is -4.22. The number of hydrogen-bond donors (Lipinski definition) is 0. The van der Waals surface area contributed by atoms with E-state index in [0.29, 0.717) is 5.56 Å². The molecule has 170 valence electrons. The summed E-state index contributed by atoms with van der Waals surface area (Å²) in [7, 11) is 0. The van der Waals surface area contributed by atoms with Gasteiger partial charge in [-0.2, -0.15) is 0 Å². The summed E-state index contributed by atoms with van der Waals surface area (Å²) < 4.78 is 1.03. The Morgan fingerprint density at radius 1 is 0.571 bits per heavy atom. The molecule has 0 heterocycles. The second-order valence-corrected chi connectivity index (χ2v) is 8.88. The Kier molecular flexibility index (Phi) is 6.42. The van der Waals surface area contributed by atoms with E-state index in [2.05, 4.69) is 57.2 Å². The monoisotopic (exact) mass is 520 g/mol. The van der Waals surface area contributed by atoms with Crippen molar-refractivity contribution in [3.8, 4) is 22.3 Å². The van der Waals surface area contributed by atoms with Crippen LogP contribution in [0.25, 0.3) is 22.3 Å². The molecule has 0 bridgehead atoms. The molecule has 0 amide bonds. The van der Waals surface area contributed by atoms with E-state index in [1.165, 1.54) is 6.07 Å². The second-order valence-electron chi connectivity index (χ2n) is 8.03. The van der Waals surface area contributed by atoms with Crippen LogP contribution < -0.4 is 4.90 Å². The van der Waals surface area contributed by atoms with Crippen molar-refractivity contribution in [1.82, 2.24) is 0 Å². The van der Waals surface area contributed by atoms with Gasteiger partial charge in [-0.3, -0.25) is 10.1 Å². The quantitative estimate of drug-likeness (QED) is 0.165. The van der Waals surface area contributed by atoms with E-state index in [1.807, 2.05) is 72.8 Å². The van der Waals surface area contributed by atoms with Crippen LogP contribution in [-0.4, -0.2) is 4.92 Å². The lowest BCUT2D eigenvalue weighted by molar-refractivity contribution is -0.384. The molecule has 0 radical (unpaired) electrons. The number of anilines is 3. The number of hydrogen-bond acceptors (Lipinski definition) is 3. The largest absolute Gasteiger partial charge is 0.310 e. The highest BCUT2D eigenvalue weighted by atomic mass is 79.9. The molecule has 0 aromatic heterocycles. The third kappa shape index (κ3) is 4.72. The van der Waals surface area contributed by atoms with Crippen molar-refractivity contribution >= 4 is 38.7 Å². The zero-order chi connectivity index (χ0) is 24.2. The summed E-state index contributed by atoms with van der Waals surface area (Å²) >= 11 is 3.67. The first-order valence-corrected chi connectivity index (χ1v) is 11.9. The molecule has 0 saturated heterocycles. The molecule has 5 heteroatoms. The van der Waals surface area contributed by atoms with Crippen molar-refractivity contribution in [1.29, 1.82) is 0 Å². The lowest BCUT2D eigenvalue weighted by Crippen LogP contribution is -2.10. The van der Waals surface area contributed by atoms with Crippen LogP contribution >= 0.6 is 15.9 Å². The summed E-state index contributed by atoms with van der Waals surface area (Å²) in [5.74, 6) is 0. The first-order valence-electron chi connectivity index (χ1n) is 11.2. The molecular weight excluding hydrogens is 500 g/mol. The minimum absolute atomic E-state index is 0.0897. The first kappa shape index (κ1) is 22.6. The number of halogens is 1. The van der Waals surface area contributed by atoms with Gasteiger partial charge in [0, 0.05) is 27.6 Å². The van der Waals surface area contributed by atoms with Gasteiger partial charge in [-0.05, 0) is 65.2 Å². The molecule has 0 aliphatic carbocycles. The summed E-state index contributed by atoms with van der Waals surface area (Å²) in [5, 5.41) is 11.6. The normalized spacial score (nSPS) is 10.7. The summed E-state index contributed by atoms with van der Waals surface area (Å²) in [6.07, 6.45) is 0.